The lowest BCUT2D eigenvalue weighted by Crippen LogP contribution is -2.36. The van der Waals surface area contributed by atoms with Gasteiger partial charge in [0.25, 0.3) is 0 Å². The molecule has 0 N–H and O–H groups in total. The van der Waals surface area contributed by atoms with Crippen LogP contribution in [0.1, 0.15) is 30.7 Å². The fourth-order valence-electron chi connectivity index (χ4n) is 5.00. The first-order valence-electron chi connectivity index (χ1n) is 17.2. The Hall–Kier alpha value is -5.39. The van der Waals surface area contributed by atoms with Crippen molar-refractivity contribution in [2.75, 3.05) is 18.6 Å². The van der Waals surface area contributed by atoms with Crippen molar-refractivity contribution >= 4 is 81.0 Å². The first-order valence-corrected chi connectivity index (χ1v) is 22.9. The number of hydrogen-bond donors (Lipinski definition) is 0. The second kappa shape index (κ2) is 18.7. The molecule has 0 saturated heterocycles. The van der Waals surface area contributed by atoms with Crippen LogP contribution in [0.3, 0.4) is 0 Å². The van der Waals surface area contributed by atoms with Gasteiger partial charge in [0.2, 0.25) is 0 Å². The summed E-state index contributed by atoms with van der Waals surface area (Å²) in [5.41, 5.74) is -4.35. The number of halogens is 13. The highest BCUT2D eigenvalue weighted by Gasteiger charge is 2.55. The molecule has 34 heteroatoms. The van der Waals surface area contributed by atoms with Gasteiger partial charge in [-0.2, -0.15) is 56.7 Å². The van der Waals surface area contributed by atoms with Crippen LogP contribution in [-0.4, -0.2) is 104 Å². The van der Waals surface area contributed by atoms with Gasteiger partial charge in [0.15, 0.2) is 59.6 Å². The predicted molar refractivity (Wildman–Crippen MR) is 209 cm³/mol. The number of aromatic nitrogens is 10. The Morgan fingerprint density at radius 3 is 1.35 bits per heavy atom. The zero-order valence-electron chi connectivity index (χ0n) is 33.3. The number of rotatable bonds is 8. The molecule has 6 aromatic rings. The summed E-state index contributed by atoms with van der Waals surface area (Å²) in [6.07, 6.45) is -11.4. The van der Waals surface area contributed by atoms with Crippen molar-refractivity contribution in [1.29, 1.82) is 0 Å². The molecule has 0 aromatic carbocycles. The van der Waals surface area contributed by atoms with Crippen LogP contribution in [0.15, 0.2) is 46.7 Å². The standard InChI is InChI=1S/C15H11F6N5O2S.C14H11F3IN5O2S.C3H3F3O4S/c1-3-29(27,28)8-4-7(14(16,17)18)5-22-10(8)12-25-11-13(26(12)2)23-6-9(24-11)15(19,20)21;1-3-26(24,25)8-4-7(14(15,16)17)5-19-10(8)12-22-11-13(23(12)2)20-6-9(18)21-11;1-10-2(7)3(4,5)11(6,8)9/h4-6H,3H2,1-2H3;4-6H,3H2,1-2H3;1H3. The van der Waals surface area contributed by atoms with Crippen LogP contribution in [0.5, 0.6) is 0 Å². The van der Waals surface area contributed by atoms with Crippen molar-refractivity contribution in [2.24, 2.45) is 14.1 Å². The van der Waals surface area contributed by atoms with Crippen LogP contribution < -0.4 is 0 Å². The number of carbonyl (C=O) groups excluding carboxylic acids is 1. The number of sulfone groups is 2. The highest BCUT2D eigenvalue weighted by molar-refractivity contribution is 14.1. The number of hydrogen-bond acceptors (Lipinski definition) is 16. The average Bonchev–Trinajstić information content (AvgIpc) is 3.73. The van der Waals surface area contributed by atoms with Crippen molar-refractivity contribution in [2.45, 2.75) is 47.4 Å². The molecular weight excluding hydrogens is 1100 g/mol. The van der Waals surface area contributed by atoms with Crippen molar-refractivity contribution < 1.29 is 87.0 Å². The summed E-state index contributed by atoms with van der Waals surface area (Å²) in [4.78, 5) is 39.4. The van der Waals surface area contributed by atoms with E-state index in [2.05, 4.69) is 44.6 Å². The maximum absolute atomic E-state index is 13.0. The zero-order chi connectivity index (χ0) is 50.3. The van der Waals surface area contributed by atoms with Gasteiger partial charge in [0.1, 0.15) is 15.1 Å². The van der Waals surface area contributed by atoms with E-state index in [9.17, 15) is 82.2 Å². The number of imidazole rings is 2. The van der Waals surface area contributed by atoms with Crippen molar-refractivity contribution in [3.05, 3.63) is 57.4 Å². The molecular formula is C32H25F12IN10O8S3. The quantitative estimate of drug-likeness (QED) is 0.0718. The molecule has 6 aromatic heterocycles. The number of nitrogens with zero attached hydrogens (tertiary/aromatic N) is 10. The number of carbonyl (C=O) groups is 1. The molecule has 0 bridgehead atoms. The lowest BCUT2D eigenvalue weighted by atomic mass is 10.2. The average molecular weight is 1130 g/mol. The van der Waals surface area contributed by atoms with Gasteiger partial charge >= 0.3 is 40.0 Å². The van der Waals surface area contributed by atoms with Gasteiger partial charge in [-0.3, -0.25) is 9.97 Å². The molecule has 6 rings (SSSR count). The molecule has 18 nitrogen and oxygen atoms in total. The van der Waals surface area contributed by atoms with Crippen LogP contribution in [0.25, 0.3) is 45.6 Å². The van der Waals surface area contributed by atoms with Crippen LogP contribution in [0.4, 0.5) is 52.2 Å². The molecule has 0 aliphatic heterocycles. The minimum Gasteiger partial charge on any atom is -0.464 e. The summed E-state index contributed by atoms with van der Waals surface area (Å²) in [6.45, 7) is 2.58. The maximum atomic E-state index is 13.0. The molecule has 66 heavy (non-hydrogen) atoms. The summed E-state index contributed by atoms with van der Waals surface area (Å²) in [5.74, 6) is -3.56. The summed E-state index contributed by atoms with van der Waals surface area (Å²) < 4.78 is 227. The number of alkyl halides is 11. The van der Waals surface area contributed by atoms with E-state index >= 15 is 0 Å². The Balaban J connectivity index is 0.000000237. The Kier molecular flexibility index (Phi) is 15.1. The van der Waals surface area contributed by atoms with Gasteiger partial charge in [-0.1, -0.05) is 17.7 Å². The Morgan fingerprint density at radius 2 is 1.02 bits per heavy atom. The molecule has 0 fully saturated rings. The van der Waals surface area contributed by atoms with E-state index in [0.717, 1.165) is 4.57 Å². The number of ether oxygens (including phenoxy) is 1. The van der Waals surface area contributed by atoms with E-state index in [-0.39, 0.29) is 34.4 Å². The van der Waals surface area contributed by atoms with E-state index in [4.69, 9.17) is 0 Å². The lowest BCUT2D eigenvalue weighted by molar-refractivity contribution is -0.158. The largest absolute Gasteiger partial charge is 0.470 e. The predicted octanol–water partition coefficient (Wildman–Crippen LogP) is 6.15. The SMILES string of the molecule is CCS(=O)(=O)c1cc(C(F)(F)F)cnc1-c1nc2nc(C(F)(F)F)cnc2n1C.CCS(=O)(=O)c1cc(C(F)(F)F)cnc1-c1nc2nc(I)cnc2n1C.COC(=O)C(F)(F)S(=O)(=O)F. The third-order valence-electron chi connectivity index (χ3n) is 8.37. The van der Waals surface area contributed by atoms with E-state index in [1.54, 1.807) is 7.05 Å². The fraction of sp³-hybridized carbons (Fsp3) is 0.344. The summed E-state index contributed by atoms with van der Waals surface area (Å²) >= 11 is 1.94. The van der Waals surface area contributed by atoms with E-state index in [1.807, 2.05) is 22.6 Å². The van der Waals surface area contributed by atoms with E-state index in [1.165, 1.54) is 31.7 Å². The minimum atomic E-state index is -6.22. The van der Waals surface area contributed by atoms with Crippen LogP contribution in [0, 0.1) is 3.70 Å². The second-order valence-electron chi connectivity index (χ2n) is 12.6. The van der Waals surface area contributed by atoms with Crippen molar-refractivity contribution in [1.82, 2.24) is 49.0 Å². The molecule has 0 aliphatic rings. The topological polar surface area (TPSA) is 242 Å². The summed E-state index contributed by atoms with van der Waals surface area (Å²) in [7, 11) is -11.0. The summed E-state index contributed by atoms with van der Waals surface area (Å²) in [5, 5.41) is -5.11. The number of esters is 1. The van der Waals surface area contributed by atoms with Gasteiger partial charge in [0, 0.05) is 26.5 Å². The molecule has 0 amide bonds. The number of fused-ring (bicyclic) bond motifs is 2. The Bertz CT molecular complexity index is 3180. The zero-order valence-corrected chi connectivity index (χ0v) is 37.9. The van der Waals surface area contributed by atoms with Gasteiger partial charge in [-0.15, -0.1) is 0 Å². The van der Waals surface area contributed by atoms with Crippen LogP contribution in [0.2, 0.25) is 0 Å². The van der Waals surface area contributed by atoms with Gasteiger partial charge in [-0.05, 0) is 34.7 Å². The first kappa shape index (κ1) is 53.2. The first-order chi connectivity index (χ1) is 30.0. The molecule has 0 spiro atoms. The Labute approximate surface area is 376 Å². The smallest absolute Gasteiger partial charge is 0.464 e. The van der Waals surface area contributed by atoms with Crippen molar-refractivity contribution in [3.63, 3.8) is 0 Å². The van der Waals surface area contributed by atoms with E-state index < -0.39 is 103 Å². The number of methoxy groups -OCH3 is 1. The minimum absolute atomic E-state index is 0.0720. The highest BCUT2D eigenvalue weighted by atomic mass is 127. The van der Waals surface area contributed by atoms with Gasteiger partial charge in [-0.25, -0.2) is 51.5 Å². The molecule has 0 atom stereocenters. The third-order valence-corrected chi connectivity index (χ3v) is 13.2. The van der Waals surface area contributed by atoms with Crippen LogP contribution in [-0.2, 0) is 72.1 Å². The lowest BCUT2D eigenvalue weighted by Gasteiger charge is -2.12. The van der Waals surface area contributed by atoms with Gasteiger partial charge in [0.05, 0.1) is 51.9 Å². The third kappa shape index (κ3) is 11.2. The van der Waals surface area contributed by atoms with Crippen molar-refractivity contribution in [3.8, 4) is 23.0 Å². The Morgan fingerprint density at radius 1 is 0.621 bits per heavy atom. The maximum Gasteiger partial charge on any atom is 0.470 e. The van der Waals surface area contributed by atoms with Gasteiger partial charge < -0.3 is 13.9 Å². The number of pyridine rings is 2. The normalized spacial score (nSPS) is 12.9. The molecule has 0 saturated carbocycles. The monoisotopic (exact) mass is 1130 g/mol. The van der Waals surface area contributed by atoms with E-state index in [0.29, 0.717) is 47.2 Å². The summed E-state index contributed by atoms with van der Waals surface area (Å²) in [6, 6.07) is 1.01. The highest BCUT2D eigenvalue weighted by Crippen LogP contribution is 2.37. The number of aryl methyl sites for hydroxylation is 2. The molecule has 360 valence electrons. The van der Waals surface area contributed by atoms with Crippen LogP contribution >= 0.6 is 22.6 Å². The molecule has 0 aliphatic carbocycles. The molecule has 0 radical (unpaired) electrons. The molecule has 6 heterocycles. The second-order valence-corrected chi connectivity index (χ2v) is 19.6. The fourth-order valence-corrected chi connectivity index (χ4v) is 7.76. The molecule has 0 unspecified atom stereocenters.